The standard InChI is InChI=1S/C57H57N/c1-54(2)27-28-55(3,4)53-43(18-13-22-48(53)54)42-16-9-12-23-50(42)58(39-25-26-41-40-15-7-10-19-45(40)56(5,6)49(41)34-39)51-24-14-21-47-52(51)44-17-8-11-20-46(44)57(47)37-30-35-29-36(32-37)33-38(57)31-35/h7-26,34-38H,27-33H2,1-6H3. The van der Waals surface area contributed by atoms with Crippen molar-refractivity contribution in [1.82, 2.24) is 0 Å². The molecule has 0 N–H and O–H groups in total. The Kier molecular flexibility index (Phi) is 7.18. The van der Waals surface area contributed by atoms with E-state index in [2.05, 4.69) is 174 Å². The zero-order valence-electron chi connectivity index (χ0n) is 35.3. The van der Waals surface area contributed by atoms with E-state index in [4.69, 9.17) is 0 Å². The Morgan fingerprint density at radius 1 is 0.431 bits per heavy atom. The van der Waals surface area contributed by atoms with Crippen LogP contribution in [-0.4, -0.2) is 0 Å². The van der Waals surface area contributed by atoms with E-state index < -0.39 is 0 Å². The number of fused-ring (bicyclic) bond motifs is 7. The zero-order valence-corrected chi connectivity index (χ0v) is 35.3. The van der Waals surface area contributed by atoms with Gasteiger partial charge in [0.05, 0.1) is 11.4 Å². The number of hydrogen-bond acceptors (Lipinski definition) is 1. The molecule has 4 bridgehead atoms. The molecule has 6 aromatic rings. The van der Waals surface area contributed by atoms with Crippen molar-refractivity contribution >= 4 is 17.1 Å². The highest BCUT2D eigenvalue weighted by atomic mass is 15.1. The lowest BCUT2D eigenvalue weighted by Crippen LogP contribution is -2.55. The Bertz CT molecular complexity index is 2660. The summed E-state index contributed by atoms with van der Waals surface area (Å²) in [5.74, 6) is 3.28. The second-order valence-corrected chi connectivity index (χ2v) is 21.2. The van der Waals surface area contributed by atoms with Crippen molar-refractivity contribution in [3.05, 3.63) is 161 Å². The molecule has 7 aliphatic carbocycles. The molecular weight excluding hydrogens is 699 g/mol. The monoisotopic (exact) mass is 755 g/mol. The number of nitrogens with zero attached hydrogens (tertiary/aromatic N) is 1. The summed E-state index contributed by atoms with van der Waals surface area (Å²) in [7, 11) is 0. The highest BCUT2D eigenvalue weighted by Crippen LogP contribution is 2.70. The van der Waals surface area contributed by atoms with Gasteiger partial charge in [-0.05, 0) is 159 Å². The highest BCUT2D eigenvalue weighted by Gasteiger charge is 2.62. The summed E-state index contributed by atoms with van der Waals surface area (Å²) in [6.45, 7) is 14.7. The molecule has 0 heterocycles. The van der Waals surface area contributed by atoms with E-state index in [9.17, 15) is 0 Å². The largest absolute Gasteiger partial charge is 0.309 e. The van der Waals surface area contributed by atoms with Gasteiger partial charge in [0.15, 0.2) is 0 Å². The van der Waals surface area contributed by atoms with Crippen molar-refractivity contribution in [3.63, 3.8) is 0 Å². The van der Waals surface area contributed by atoms with Gasteiger partial charge in [0.2, 0.25) is 0 Å². The SMILES string of the molecule is CC1(C)CCC(C)(C)c2c(-c3ccccc3N(c3ccc4c(c3)C(C)(C)c3ccccc3-4)c3cccc4c3-c3ccccc3C43C4CC5CC(C4)CC3C5)cccc21. The van der Waals surface area contributed by atoms with Crippen molar-refractivity contribution in [2.75, 3.05) is 4.90 Å². The first-order chi connectivity index (χ1) is 28.0. The first-order valence-electron chi connectivity index (χ1n) is 22.5. The molecule has 13 rings (SSSR count). The fourth-order valence-electron chi connectivity index (χ4n) is 14.5. The maximum absolute atomic E-state index is 2.69. The van der Waals surface area contributed by atoms with Gasteiger partial charge in [-0.3, -0.25) is 0 Å². The van der Waals surface area contributed by atoms with Crippen molar-refractivity contribution in [2.24, 2.45) is 23.7 Å². The van der Waals surface area contributed by atoms with Gasteiger partial charge in [0.1, 0.15) is 0 Å². The predicted octanol–water partition coefficient (Wildman–Crippen LogP) is 15.2. The van der Waals surface area contributed by atoms with Gasteiger partial charge >= 0.3 is 0 Å². The molecule has 1 nitrogen and oxygen atoms in total. The Morgan fingerprint density at radius 2 is 0.983 bits per heavy atom. The number of para-hydroxylation sites is 1. The van der Waals surface area contributed by atoms with Crippen LogP contribution in [0, 0.1) is 23.7 Å². The molecule has 290 valence electrons. The van der Waals surface area contributed by atoms with Crippen LogP contribution in [0.5, 0.6) is 0 Å². The van der Waals surface area contributed by atoms with Crippen LogP contribution in [0.2, 0.25) is 0 Å². The molecule has 0 unspecified atom stereocenters. The highest BCUT2D eigenvalue weighted by molar-refractivity contribution is 5.99. The normalized spacial score (nSPS) is 26.8. The molecule has 6 aromatic carbocycles. The number of anilines is 3. The molecular formula is C57H57N. The van der Waals surface area contributed by atoms with Crippen LogP contribution in [0.25, 0.3) is 33.4 Å². The summed E-state index contributed by atoms with van der Waals surface area (Å²) in [6, 6.07) is 50.2. The Labute approximate surface area is 346 Å². The first-order valence-corrected chi connectivity index (χ1v) is 22.5. The first kappa shape index (κ1) is 35.1. The zero-order chi connectivity index (χ0) is 39.3. The van der Waals surface area contributed by atoms with Crippen molar-refractivity contribution in [1.29, 1.82) is 0 Å². The second-order valence-electron chi connectivity index (χ2n) is 21.2. The maximum Gasteiger partial charge on any atom is 0.0543 e. The molecule has 58 heavy (non-hydrogen) atoms. The molecule has 0 aliphatic heterocycles. The molecule has 1 spiro atoms. The fourth-order valence-corrected chi connectivity index (χ4v) is 14.5. The van der Waals surface area contributed by atoms with Crippen molar-refractivity contribution in [2.45, 2.75) is 108 Å². The molecule has 7 aliphatic rings. The van der Waals surface area contributed by atoms with E-state index in [-0.39, 0.29) is 21.7 Å². The summed E-state index contributed by atoms with van der Waals surface area (Å²) in [5, 5.41) is 0. The van der Waals surface area contributed by atoms with Gasteiger partial charge < -0.3 is 4.90 Å². The van der Waals surface area contributed by atoms with E-state index in [1.165, 1.54) is 118 Å². The van der Waals surface area contributed by atoms with Gasteiger partial charge in [-0.2, -0.15) is 0 Å². The lowest BCUT2D eigenvalue weighted by atomic mass is 9.43. The third kappa shape index (κ3) is 4.54. The van der Waals surface area contributed by atoms with Crippen LogP contribution in [0.4, 0.5) is 17.1 Å². The smallest absolute Gasteiger partial charge is 0.0543 e. The maximum atomic E-state index is 2.69. The van der Waals surface area contributed by atoms with Crippen molar-refractivity contribution < 1.29 is 0 Å². The van der Waals surface area contributed by atoms with Gasteiger partial charge in [0, 0.05) is 27.6 Å². The van der Waals surface area contributed by atoms with Crippen LogP contribution >= 0.6 is 0 Å². The summed E-state index contributed by atoms with van der Waals surface area (Å²) in [5.41, 5.74) is 21.5. The number of rotatable bonds is 4. The summed E-state index contributed by atoms with van der Waals surface area (Å²) in [6.07, 6.45) is 9.43. The van der Waals surface area contributed by atoms with Crippen LogP contribution in [0.3, 0.4) is 0 Å². The topological polar surface area (TPSA) is 3.24 Å². The molecule has 0 aromatic heterocycles. The minimum atomic E-state index is -0.100. The van der Waals surface area contributed by atoms with Crippen LogP contribution in [-0.2, 0) is 21.7 Å². The van der Waals surface area contributed by atoms with Crippen LogP contribution in [0.15, 0.2) is 127 Å². The predicted molar refractivity (Wildman–Crippen MR) is 243 cm³/mol. The van der Waals surface area contributed by atoms with Crippen LogP contribution in [0.1, 0.15) is 120 Å². The summed E-state index contributed by atoms with van der Waals surface area (Å²) < 4.78 is 0. The van der Waals surface area contributed by atoms with E-state index >= 15 is 0 Å². The molecule has 4 saturated carbocycles. The molecule has 4 fully saturated rings. The third-order valence-electron chi connectivity index (χ3n) is 16.9. The third-order valence-corrected chi connectivity index (χ3v) is 16.9. The molecule has 0 radical (unpaired) electrons. The lowest BCUT2D eigenvalue weighted by Gasteiger charge is -2.61. The molecule has 0 atom stereocenters. The van der Waals surface area contributed by atoms with E-state index in [1.54, 1.807) is 11.1 Å². The Balaban J connectivity index is 1.14. The average Bonchev–Trinajstić information content (AvgIpc) is 3.65. The summed E-state index contributed by atoms with van der Waals surface area (Å²) >= 11 is 0. The minimum Gasteiger partial charge on any atom is -0.309 e. The quantitative estimate of drug-likeness (QED) is 0.173. The Morgan fingerprint density at radius 3 is 1.74 bits per heavy atom. The van der Waals surface area contributed by atoms with Crippen molar-refractivity contribution in [3.8, 4) is 33.4 Å². The minimum absolute atomic E-state index is 0.0710. The van der Waals surface area contributed by atoms with Gasteiger partial charge in [0.25, 0.3) is 0 Å². The Hall–Kier alpha value is -4.88. The number of benzene rings is 6. The second kappa shape index (κ2) is 11.9. The van der Waals surface area contributed by atoms with Gasteiger partial charge in [-0.25, -0.2) is 0 Å². The summed E-state index contributed by atoms with van der Waals surface area (Å²) in [4.78, 5) is 2.69. The fraction of sp³-hybridized carbons (Fsp3) is 0.368. The van der Waals surface area contributed by atoms with Gasteiger partial charge in [-0.15, -0.1) is 0 Å². The van der Waals surface area contributed by atoms with E-state index in [1.807, 2.05) is 0 Å². The van der Waals surface area contributed by atoms with E-state index in [0.29, 0.717) is 0 Å². The lowest BCUT2D eigenvalue weighted by molar-refractivity contribution is -0.0399. The van der Waals surface area contributed by atoms with E-state index in [0.717, 1.165) is 23.7 Å². The molecule has 0 amide bonds. The number of hydrogen-bond donors (Lipinski definition) is 0. The van der Waals surface area contributed by atoms with Crippen LogP contribution < -0.4 is 4.90 Å². The molecule has 1 heteroatoms. The molecule has 0 saturated heterocycles. The average molecular weight is 756 g/mol. The van der Waals surface area contributed by atoms with Gasteiger partial charge in [-0.1, -0.05) is 145 Å².